The maximum absolute atomic E-state index is 12.1. The van der Waals surface area contributed by atoms with Crippen molar-refractivity contribution in [2.24, 2.45) is 0 Å². The predicted molar refractivity (Wildman–Crippen MR) is 86.1 cm³/mol. The molecule has 2 aromatic heterocycles. The van der Waals surface area contributed by atoms with Gasteiger partial charge in [0.1, 0.15) is 5.78 Å². The molecule has 2 atom stereocenters. The molecule has 0 fully saturated rings. The van der Waals surface area contributed by atoms with Crippen LogP contribution < -0.4 is 0 Å². The van der Waals surface area contributed by atoms with Crippen LogP contribution in [-0.2, 0) is 4.79 Å². The third kappa shape index (κ3) is 4.49. The molecule has 3 nitrogen and oxygen atoms in total. The van der Waals surface area contributed by atoms with E-state index in [1.807, 2.05) is 24.3 Å². The highest BCUT2D eigenvalue weighted by atomic mass is 79.9. The lowest BCUT2D eigenvalue weighted by atomic mass is 10.0. The standard InChI is InChI=1S/C15H14Br2N2O/c16-14(11-1-5-18-6-2-11)9-13(20)10-15(17)12-3-7-19-8-4-12/h1-8,14-15H,9-10H2. The maximum Gasteiger partial charge on any atom is 0.135 e. The maximum atomic E-state index is 12.1. The number of nitrogens with zero attached hydrogens (tertiary/aromatic N) is 2. The lowest BCUT2D eigenvalue weighted by Gasteiger charge is -2.12. The van der Waals surface area contributed by atoms with Gasteiger partial charge in [-0.2, -0.15) is 0 Å². The number of rotatable bonds is 6. The third-order valence-electron chi connectivity index (χ3n) is 2.95. The zero-order chi connectivity index (χ0) is 14.4. The van der Waals surface area contributed by atoms with Gasteiger partial charge in [-0.3, -0.25) is 14.8 Å². The van der Waals surface area contributed by atoms with E-state index in [-0.39, 0.29) is 15.4 Å². The number of alkyl halides is 2. The van der Waals surface area contributed by atoms with Crippen molar-refractivity contribution in [1.82, 2.24) is 9.97 Å². The van der Waals surface area contributed by atoms with Gasteiger partial charge in [0, 0.05) is 47.3 Å². The van der Waals surface area contributed by atoms with Crippen LogP contribution in [0.3, 0.4) is 0 Å². The van der Waals surface area contributed by atoms with Gasteiger partial charge < -0.3 is 0 Å². The molecule has 0 aliphatic carbocycles. The van der Waals surface area contributed by atoms with Crippen molar-refractivity contribution in [1.29, 1.82) is 0 Å². The molecular weight excluding hydrogens is 384 g/mol. The highest BCUT2D eigenvalue weighted by Crippen LogP contribution is 2.31. The summed E-state index contributed by atoms with van der Waals surface area (Å²) in [7, 11) is 0. The molecule has 0 saturated heterocycles. The van der Waals surface area contributed by atoms with Gasteiger partial charge in [-0.05, 0) is 35.4 Å². The van der Waals surface area contributed by atoms with Gasteiger partial charge in [0.05, 0.1) is 0 Å². The lowest BCUT2D eigenvalue weighted by molar-refractivity contribution is -0.119. The highest BCUT2D eigenvalue weighted by molar-refractivity contribution is 9.09. The van der Waals surface area contributed by atoms with Crippen molar-refractivity contribution in [3.05, 3.63) is 60.2 Å². The minimum atomic E-state index is 0.0372. The van der Waals surface area contributed by atoms with Crippen molar-refractivity contribution in [3.63, 3.8) is 0 Å². The number of Topliss-reactive ketones (excluding diaryl/α,β-unsaturated/α-hetero) is 1. The van der Waals surface area contributed by atoms with Gasteiger partial charge >= 0.3 is 0 Å². The smallest absolute Gasteiger partial charge is 0.135 e. The first-order chi connectivity index (χ1) is 9.66. The Kier molecular flexibility index (Phi) is 5.86. The van der Waals surface area contributed by atoms with Crippen LogP contribution in [0.5, 0.6) is 0 Å². The average Bonchev–Trinajstić information content (AvgIpc) is 2.49. The summed E-state index contributed by atoms with van der Waals surface area (Å²) in [5.41, 5.74) is 2.15. The van der Waals surface area contributed by atoms with Crippen LogP contribution >= 0.6 is 31.9 Å². The number of ketones is 1. The summed E-state index contributed by atoms with van der Waals surface area (Å²) in [6.45, 7) is 0. The van der Waals surface area contributed by atoms with E-state index in [0.717, 1.165) is 11.1 Å². The van der Waals surface area contributed by atoms with Crippen LogP contribution in [0.15, 0.2) is 49.1 Å². The Balaban J connectivity index is 1.90. The van der Waals surface area contributed by atoms with E-state index in [0.29, 0.717) is 12.8 Å². The fourth-order valence-corrected chi connectivity index (χ4v) is 3.20. The quantitative estimate of drug-likeness (QED) is 0.678. The molecular formula is C15H14Br2N2O. The van der Waals surface area contributed by atoms with Crippen LogP contribution in [0, 0.1) is 0 Å². The number of hydrogen-bond donors (Lipinski definition) is 0. The zero-order valence-corrected chi connectivity index (χ0v) is 13.9. The fraction of sp³-hybridized carbons (Fsp3) is 0.267. The Labute approximate surface area is 135 Å². The van der Waals surface area contributed by atoms with Crippen molar-refractivity contribution in [3.8, 4) is 0 Å². The Morgan fingerprint density at radius 1 is 0.850 bits per heavy atom. The van der Waals surface area contributed by atoms with Crippen LogP contribution in [0.25, 0.3) is 0 Å². The number of pyridine rings is 2. The van der Waals surface area contributed by atoms with Crippen molar-refractivity contribution >= 4 is 37.6 Å². The van der Waals surface area contributed by atoms with E-state index in [4.69, 9.17) is 0 Å². The first-order valence-electron chi connectivity index (χ1n) is 6.26. The minimum absolute atomic E-state index is 0.0372. The van der Waals surface area contributed by atoms with Gasteiger partial charge in [0.2, 0.25) is 0 Å². The number of carbonyl (C=O) groups excluding carboxylic acids is 1. The molecule has 0 aliphatic heterocycles. The summed E-state index contributed by atoms with van der Waals surface area (Å²) in [5.74, 6) is 0.211. The topological polar surface area (TPSA) is 42.9 Å². The summed E-state index contributed by atoms with van der Waals surface area (Å²) in [4.78, 5) is 20.1. The monoisotopic (exact) mass is 396 g/mol. The van der Waals surface area contributed by atoms with Gasteiger partial charge in [-0.1, -0.05) is 31.9 Å². The van der Waals surface area contributed by atoms with Gasteiger partial charge in [0.25, 0.3) is 0 Å². The molecule has 0 aromatic carbocycles. The molecule has 0 radical (unpaired) electrons. The Bertz CT molecular complexity index is 499. The molecule has 0 amide bonds. The van der Waals surface area contributed by atoms with E-state index in [9.17, 15) is 4.79 Å². The van der Waals surface area contributed by atoms with Crippen molar-refractivity contribution < 1.29 is 4.79 Å². The van der Waals surface area contributed by atoms with Crippen molar-refractivity contribution in [2.75, 3.05) is 0 Å². The molecule has 0 spiro atoms. The number of hydrogen-bond acceptors (Lipinski definition) is 3. The van der Waals surface area contributed by atoms with Crippen molar-refractivity contribution in [2.45, 2.75) is 22.5 Å². The fourth-order valence-electron chi connectivity index (χ4n) is 1.86. The third-order valence-corrected chi connectivity index (χ3v) is 4.65. The second-order valence-corrected chi connectivity index (χ2v) is 6.65. The molecule has 0 bridgehead atoms. The second kappa shape index (κ2) is 7.64. The number of carbonyl (C=O) groups is 1. The number of aromatic nitrogens is 2. The highest BCUT2D eigenvalue weighted by Gasteiger charge is 2.17. The zero-order valence-electron chi connectivity index (χ0n) is 10.7. The molecule has 20 heavy (non-hydrogen) atoms. The Morgan fingerprint density at radius 3 is 1.55 bits per heavy atom. The van der Waals surface area contributed by atoms with E-state index in [2.05, 4.69) is 41.8 Å². The van der Waals surface area contributed by atoms with E-state index in [1.54, 1.807) is 24.8 Å². The Hall–Kier alpha value is -1.07. The van der Waals surface area contributed by atoms with E-state index in [1.165, 1.54) is 0 Å². The summed E-state index contributed by atoms with van der Waals surface area (Å²) < 4.78 is 0. The van der Waals surface area contributed by atoms with Gasteiger partial charge in [-0.15, -0.1) is 0 Å². The molecule has 0 N–H and O–H groups in total. The predicted octanol–water partition coefficient (Wildman–Crippen LogP) is 4.40. The molecule has 2 heterocycles. The molecule has 2 rings (SSSR count). The van der Waals surface area contributed by atoms with Crippen LogP contribution in [0.2, 0.25) is 0 Å². The van der Waals surface area contributed by atoms with E-state index >= 15 is 0 Å². The lowest BCUT2D eigenvalue weighted by Crippen LogP contribution is -2.06. The molecule has 0 saturated carbocycles. The normalized spacial score (nSPS) is 13.7. The van der Waals surface area contributed by atoms with Crippen LogP contribution in [0.1, 0.15) is 33.6 Å². The second-order valence-electron chi connectivity index (χ2n) is 4.44. The van der Waals surface area contributed by atoms with Crippen LogP contribution in [-0.4, -0.2) is 15.8 Å². The SMILES string of the molecule is O=C(CC(Br)c1ccncc1)CC(Br)c1ccncc1. The van der Waals surface area contributed by atoms with Gasteiger partial charge in [0.15, 0.2) is 0 Å². The molecule has 0 aliphatic rings. The summed E-state index contributed by atoms with van der Waals surface area (Å²) in [5, 5.41) is 0. The Morgan fingerprint density at radius 2 is 1.20 bits per heavy atom. The molecule has 104 valence electrons. The minimum Gasteiger partial charge on any atom is -0.300 e. The van der Waals surface area contributed by atoms with Crippen LogP contribution in [0.4, 0.5) is 0 Å². The summed E-state index contributed by atoms with van der Waals surface area (Å²) in [6, 6.07) is 7.67. The number of halogens is 2. The average molecular weight is 398 g/mol. The first-order valence-corrected chi connectivity index (χ1v) is 8.09. The molecule has 2 unspecified atom stereocenters. The molecule has 5 heteroatoms. The largest absolute Gasteiger partial charge is 0.300 e. The first kappa shape index (κ1) is 15.3. The summed E-state index contributed by atoms with van der Waals surface area (Å²) in [6.07, 6.45) is 7.88. The molecule has 2 aromatic rings. The summed E-state index contributed by atoms with van der Waals surface area (Å²) >= 11 is 7.12. The van der Waals surface area contributed by atoms with E-state index < -0.39 is 0 Å². The van der Waals surface area contributed by atoms with Gasteiger partial charge in [-0.25, -0.2) is 0 Å².